The van der Waals surface area contributed by atoms with Gasteiger partial charge < -0.3 is 14.9 Å². The molecule has 0 aromatic carbocycles. The average Bonchev–Trinajstić information content (AvgIpc) is 2.20. The van der Waals surface area contributed by atoms with Gasteiger partial charge in [0.15, 0.2) is 5.60 Å². The summed E-state index contributed by atoms with van der Waals surface area (Å²) in [7, 11) is 1.29. The molecule has 0 spiro atoms. The number of hydrogen-bond donors (Lipinski definition) is 2. The van der Waals surface area contributed by atoms with Gasteiger partial charge in [-0.3, -0.25) is 4.90 Å². The van der Waals surface area contributed by atoms with Crippen LogP contribution in [0.3, 0.4) is 0 Å². The van der Waals surface area contributed by atoms with E-state index in [-0.39, 0.29) is 17.7 Å². The van der Waals surface area contributed by atoms with Gasteiger partial charge in [-0.25, -0.2) is 4.79 Å². The van der Waals surface area contributed by atoms with E-state index in [2.05, 4.69) is 4.90 Å². The normalized spacial score (nSPS) is 25.7. The largest absolute Gasteiger partial charge is 0.467 e. The summed E-state index contributed by atoms with van der Waals surface area (Å²) in [5.41, 5.74) is -2.21. The molecule has 0 amide bonds. The van der Waals surface area contributed by atoms with Gasteiger partial charge in [0, 0.05) is 30.5 Å². The summed E-state index contributed by atoms with van der Waals surface area (Å²) in [6.45, 7) is 8.46. The Morgan fingerprint density at radius 1 is 1.22 bits per heavy atom. The maximum atomic E-state index is 11.8. The van der Waals surface area contributed by atoms with E-state index >= 15 is 0 Å². The molecule has 0 aliphatic carbocycles. The van der Waals surface area contributed by atoms with Crippen LogP contribution in [0, 0.1) is 0 Å². The number of piperidine rings is 1. The van der Waals surface area contributed by atoms with E-state index in [1.54, 1.807) is 0 Å². The standard InChI is InChI=1S/C13H25NO4/c1-11(2)8-13(17,10(16)18-5)9-12(3,4)14(11)6-7-15/h15,17H,6-9H2,1-5H3. The number of aliphatic hydroxyl groups is 2. The van der Waals surface area contributed by atoms with E-state index in [0.29, 0.717) is 19.4 Å². The van der Waals surface area contributed by atoms with Crippen LogP contribution in [0.5, 0.6) is 0 Å². The molecule has 1 rings (SSSR count). The maximum absolute atomic E-state index is 11.8. The Balaban J connectivity index is 3.08. The first-order chi connectivity index (χ1) is 8.09. The summed E-state index contributed by atoms with van der Waals surface area (Å²) < 4.78 is 4.72. The number of aliphatic hydroxyl groups excluding tert-OH is 1. The molecule has 1 aliphatic rings. The van der Waals surface area contributed by atoms with Crippen LogP contribution in [0.2, 0.25) is 0 Å². The molecule has 0 aromatic heterocycles. The molecule has 1 saturated heterocycles. The summed E-state index contributed by atoms with van der Waals surface area (Å²) in [4.78, 5) is 13.9. The quantitative estimate of drug-likeness (QED) is 0.724. The highest BCUT2D eigenvalue weighted by Gasteiger charge is 2.55. The van der Waals surface area contributed by atoms with Gasteiger partial charge in [-0.15, -0.1) is 0 Å². The molecule has 2 N–H and O–H groups in total. The van der Waals surface area contributed by atoms with Gasteiger partial charge >= 0.3 is 5.97 Å². The molecule has 0 saturated carbocycles. The number of hydrogen-bond acceptors (Lipinski definition) is 5. The summed E-state index contributed by atoms with van der Waals surface area (Å²) in [5, 5.41) is 19.7. The SMILES string of the molecule is COC(=O)C1(O)CC(C)(C)N(CCO)C(C)(C)C1. The van der Waals surface area contributed by atoms with E-state index < -0.39 is 11.6 Å². The molecular weight excluding hydrogens is 234 g/mol. The van der Waals surface area contributed by atoms with Crippen molar-refractivity contribution in [1.29, 1.82) is 0 Å². The first-order valence-electron chi connectivity index (χ1n) is 6.28. The predicted molar refractivity (Wildman–Crippen MR) is 68.1 cm³/mol. The summed E-state index contributed by atoms with van der Waals surface area (Å²) in [5.74, 6) is -0.577. The van der Waals surface area contributed by atoms with Gasteiger partial charge in [-0.05, 0) is 27.7 Å². The van der Waals surface area contributed by atoms with Gasteiger partial charge in [0.2, 0.25) is 0 Å². The van der Waals surface area contributed by atoms with Gasteiger partial charge in [-0.1, -0.05) is 0 Å². The molecule has 0 bridgehead atoms. The third kappa shape index (κ3) is 2.68. The van der Waals surface area contributed by atoms with Crippen molar-refractivity contribution in [2.45, 2.75) is 57.2 Å². The molecule has 5 heteroatoms. The van der Waals surface area contributed by atoms with Gasteiger partial charge in [-0.2, -0.15) is 0 Å². The van der Waals surface area contributed by atoms with Crippen LogP contribution in [-0.4, -0.2) is 58.0 Å². The number of esters is 1. The molecule has 0 unspecified atom stereocenters. The third-order valence-electron chi connectivity index (χ3n) is 3.80. The van der Waals surface area contributed by atoms with Crippen LogP contribution in [0.15, 0.2) is 0 Å². The van der Waals surface area contributed by atoms with E-state index in [9.17, 15) is 15.0 Å². The second-order valence-corrected chi connectivity index (χ2v) is 6.38. The summed E-state index contributed by atoms with van der Waals surface area (Å²) in [6.07, 6.45) is 0.603. The Hall–Kier alpha value is -0.650. The number of β-amino-alcohol motifs (C(OH)–C–C–N with tert-alkyl or cyclic N) is 1. The zero-order valence-electron chi connectivity index (χ0n) is 12.0. The minimum absolute atomic E-state index is 0.0590. The van der Waals surface area contributed by atoms with Crippen molar-refractivity contribution in [2.24, 2.45) is 0 Å². The second-order valence-electron chi connectivity index (χ2n) is 6.38. The molecule has 1 aliphatic heterocycles. The lowest BCUT2D eigenvalue weighted by molar-refractivity contribution is -0.186. The number of methoxy groups -OCH3 is 1. The molecule has 1 heterocycles. The van der Waals surface area contributed by atoms with Crippen molar-refractivity contribution in [3.63, 3.8) is 0 Å². The molecule has 5 nitrogen and oxygen atoms in total. The Kier molecular flexibility index (Phi) is 4.10. The number of likely N-dealkylation sites (tertiary alicyclic amines) is 1. The molecule has 0 atom stereocenters. The van der Waals surface area contributed by atoms with Gasteiger partial charge in [0.25, 0.3) is 0 Å². The fourth-order valence-corrected chi connectivity index (χ4v) is 3.54. The molecule has 1 fully saturated rings. The maximum Gasteiger partial charge on any atom is 0.337 e. The fraction of sp³-hybridized carbons (Fsp3) is 0.923. The smallest absolute Gasteiger partial charge is 0.337 e. The average molecular weight is 259 g/mol. The number of rotatable bonds is 3. The van der Waals surface area contributed by atoms with Crippen molar-refractivity contribution in [2.75, 3.05) is 20.3 Å². The van der Waals surface area contributed by atoms with E-state index in [1.165, 1.54) is 7.11 Å². The minimum atomic E-state index is -1.45. The predicted octanol–water partition coefficient (Wildman–Crippen LogP) is 0.536. The number of carbonyl (C=O) groups is 1. The van der Waals surface area contributed by atoms with Crippen LogP contribution in [0.4, 0.5) is 0 Å². The number of carbonyl (C=O) groups excluding carboxylic acids is 1. The zero-order chi connectivity index (χ0) is 14.2. The molecule has 0 radical (unpaired) electrons. The van der Waals surface area contributed by atoms with Crippen LogP contribution >= 0.6 is 0 Å². The van der Waals surface area contributed by atoms with Crippen molar-refractivity contribution in [3.8, 4) is 0 Å². The minimum Gasteiger partial charge on any atom is -0.467 e. The molecule has 0 aromatic rings. The Morgan fingerprint density at radius 3 is 2.00 bits per heavy atom. The summed E-state index contributed by atoms with van der Waals surface area (Å²) >= 11 is 0. The lowest BCUT2D eigenvalue weighted by Crippen LogP contribution is -2.67. The highest BCUT2D eigenvalue weighted by Crippen LogP contribution is 2.43. The van der Waals surface area contributed by atoms with Crippen molar-refractivity contribution in [1.82, 2.24) is 4.90 Å². The fourth-order valence-electron chi connectivity index (χ4n) is 3.54. The topological polar surface area (TPSA) is 70.0 Å². The van der Waals surface area contributed by atoms with E-state index in [0.717, 1.165) is 0 Å². The molecule has 106 valence electrons. The highest BCUT2D eigenvalue weighted by molar-refractivity contribution is 5.79. The first-order valence-corrected chi connectivity index (χ1v) is 6.28. The van der Waals surface area contributed by atoms with Crippen LogP contribution < -0.4 is 0 Å². The monoisotopic (exact) mass is 259 g/mol. The van der Waals surface area contributed by atoms with Crippen LogP contribution in [0.25, 0.3) is 0 Å². The van der Waals surface area contributed by atoms with Crippen LogP contribution in [0.1, 0.15) is 40.5 Å². The number of ether oxygens (including phenoxy) is 1. The second kappa shape index (κ2) is 4.79. The van der Waals surface area contributed by atoms with Crippen LogP contribution in [-0.2, 0) is 9.53 Å². The van der Waals surface area contributed by atoms with Crippen molar-refractivity contribution >= 4 is 5.97 Å². The summed E-state index contributed by atoms with van der Waals surface area (Å²) in [6, 6.07) is 0. The first kappa shape index (κ1) is 15.4. The third-order valence-corrected chi connectivity index (χ3v) is 3.80. The highest BCUT2D eigenvalue weighted by atomic mass is 16.5. The van der Waals surface area contributed by atoms with E-state index in [4.69, 9.17) is 4.74 Å². The van der Waals surface area contributed by atoms with Gasteiger partial charge in [0.05, 0.1) is 13.7 Å². The Morgan fingerprint density at radius 2 is 1.67 bits per heavy atom. The van der Waals surface area contributed by atoms with E-state index in [1.807, 2.05) is 27.7 Å². The Bertz CT molecular complexity index is 307. The van der Waals surface area contributed by atoms with Crippen molar-refractivity contribution < 1.29 is 19.7 Å². The lowest BCUT2D eigenvalue weighted by Gasteiger charge is -2.56. The lowest BCUT2D eigenvalue weighted by atomic mass is 9.71. The molecular formula is C13H25NO4. The molecule has 18 heavy (non-hydrogen) atoms. The number of nitrogens with zero attached hydrogens (tertiary/aromatic N) is 1. The van der Waals surface area contributed by atoms with Gasteiger partial charge in [0.1, 0.15) is 0 Å². The zero-order valence-corrected chi connectivity index (χ0v) is 12.0. The Labute approximate surface area is 109 Å². The van der Waals surface area contributed by atoms with Crippen molar-refractivity contribution in [3.05, 3.63) is 0 Å².